The van der Waals surface area contributed by atoms with Gasteiger partial charge in [-0.05, 0) is 55.3 Å². The van der Waals surface area contributed by atoms with Gasteiger partial charge < -0.3 is 10.5 Å². The molecule has 4 heteroatoms. The zero-order valence-electron chi connectivity index (χ0n) is 14.6. The number of nitrogens with zero attached hydrogens (tertiary/aromatic N) is 2. The number of fused-ring (bicyclic) bond motifs is 1. The first-order valence-corrected chi connectivity index (χ1v) is 8.51. The van der Waals surface area contributed by atoms with Crippen molar-refractivity contribution >= 4 is 11.0 Å². The molecule has 126 valence electrons. The van der Waals surface area contributed by atoms with Crippen molar-refractivity contribution in [2.75, 3.05) is 13.7 Å². The summed E-state index contributed by atoms with van der Waals surface area (Å²) < 4.78 is 7.66. The minimum Gasteiger partial charge on any atom is -0.377 e. The van der Waals surface area contributed by atoms with Gasteiger partial charge in [0.05, 0.1) is 17.1 Å². The molecule has 1 atom stereocenters. The van der Waals surface area contributed by atoms with Crippen LogP contribution in [0.5, 0.6) is 0 Å². The molecule has 0 fully saturated rings. The van der Waals surface area contributed by atoms with E-state index in [1.165, 1.54) is 5.56 Å². The summed E-state index contributed by atoms with van der Waals surface area (Å²) in [6, 6.07) is 15.0. The minimum atomic E-state index is 0.0696. The second-order valence-corrected chi connectivity index (χ2v) is 6.05. The highest BCUT2D eigenvalue weighted by atomic mass is 16.5. The second-order valence-electron chi connectivity index (χ2n) is 6.05. The molecule has 0 aliphatic rings. The highest BCUT2D eigenvalue weighted by Gasteiger charge is 2.13. The number of aryl methyl sites for hydroxylation is 1. The molecule has 0 radical (unpaired) electrons. The van der Waals surface area contributed by atoms with Crippen LogP contribution < -0.4 is 5.73 Å². The summed E-state index contributed by atoms with van der Waals surface area (Å²) in [4.78, 5) is 4.83. The molecule has 0 bridgehead atoms. The van der Waals surface area contributed by atoms with Crippen molar-refractivity contribution in [3.8, 4) is 5.69 Å². The maximum absolute atomic E-state index is 5.64. The van der Waals surface area contributed by atoms with E-state index >= 15 is 0 Å². The molecule has 0 saturated heterocycles. The molecular formula is C20H25N3O. The Hall–Kier alpha value is -2.17. The van der Waals surface area contributed by atoms with E-state index in [4.69, 9.17) is 15.5 Å². The fraction of sp³-hybridized carbons (Fsp3) is 0.350. The lowest BCUT2D eigenvalue weighted by molar-refractivity contribution is 0.119. The number of benzene rings is 2. The van der Waals surface area contributed by atoms with Crippen LogP contribution in [0.4, 0.5) is 0 Å². The van der Waals surface area contributed by atoms with Crippen LogP contribution in [0.15, 0.2) is 42.5 Å². The van der Waals surface area contributed by atoms with Crippen molar-refractivity contribution in [3.63, 3.8) is 0 Å². The third-order valence-corrected chi connectivity index (χ3v) is 4.51. The smallest absolute Gasteiger partial charge is 0.114 e. The fourth-order valence-corrected chi connectivity index (χ4v) is 3.04. The lowest BCUT2D eigenvalue weighted by Crippen LogP contribution is -2.04. The zero-order chi connectivity index (χ0) is 17.1. The van der Waals surface area contributed by atoms with Crippen LogP contribution in [0.2, 0.25) is 0 Å². The molecular weight excluding hydrogens is 298 g/mol. The van der Waals surface area contributed by atoms with Crippen molar-refractivity contribution in [3.05, 3.63) is 59.4 Å². The Balaban J connectivity index is 2.09. The van der Waals surface area contributed by atoms with Crippen molar-refractivity contribution in [2.24, 2.45) is 5.73 Å². The Morgan fingerprint density at radius 2 is 1.92 bits per heavy atom. The number of rotatable bonds is 6. The number of hydrogen-bond donors (Lipinski definition) is 1. The van der Waals surface area contributed by atoms with Gasteiger partial charge in [-0.15, -0.1) is 0 Å². The first-order valence-electron chi connectivity index (χ1n) is 8.51. The van der Waals surface area contributed by atoms with Gasteiger partial charge >= 0.3 is 0 Å². The Bertz CT molecular complexity index is 821. The summed E-state index contributed by atoms with van der Waals surface area (Å²) in [7, 11) is 1.73. The molecule has 3 rings (SSSR count). The van der Waals surface area contributed by atoms with E-state index in [2.05, 4.69) is 60.9 Å². The van der Waals surface area contributed by atoms with Gasteiger partial charge in [0.15, 0.2) is 0 Å². The SMILES string of the molecule is CCc1nc2cc(C(C)OC)ccc2n1-c1ccc(CCN)cc1. The molecule has 0 aliphatic carbocycles. The average molecular weight is 323 g/mol. The van der Waals surface area contributed by atoms with E-state index in [0.717, 1.165) is 41.0 Å². The predicted octanol–water partition coefficient (Wildman–Crippen LogP) is 3.80. The first-order chi connectivity index (χ1) is 11.7. The highest BCUT2D eigenvalue weighted by Crippen LogP contribution is 2.26. The van der Waals surface area contributed by atoms with Gasteiger partial charge in [-0.2, -0.15) is 0 Å². The summed E-state index contributed by atoms with van der Waals surface area (Å²) in [6.07, 6.45) is 1.86. The monoisotopic (exact) mass is 323 g/mol. The summed E-state index contributed by atoms with van der Waals surface area (Å²) in [5.74, 6) is 1.07. The minimum absolute atomic E-state index is 0.0696. The lowest BCUT2D eigenvalue weighted by atomic mass is 10.1. The fourth-order valence-electron chi connectivity index (χ4n) is 3.04. The van der Waals surface area contributed by atoms with Gasteiger partial charge in [0, 0.05) is 19.2 Å². The van der Waals surface area contributed by atoms with Gasteiger partial charge in [0.1, 0.15) is 5.82 Å². The van der Waals surface area contributed by atoms with E-state index < -0.39 is 0 Å². The van der Waals surface area contributed by atoms with Gasteiger partial charge in [-0.25, -0.2) is 4.98 Å². The number of aromatic nitrogens is 2. The molecule has 1 unspecified atom stereocenters. The van der Waals surface area contributed by atoms with E-state index in [-0.39, 0.29) is 6.10 Å². The molecule has 0 saturated carbocycles. The molecule has 4 nitrogen and oxygen atoms in total. The maximum Gasteiger partial charge on any atom is 0.114 e. The standard InChI is InChI=1S/C20H25N3O/c1-4-20-22-18-13-16(14(2)24-3)7-10-19(18)23(20)17-8-5-15(6-9-17)11-12-21/h5-10,13-14H,4,11-12,21H2,1-3H3. The van der Waals surface area contributed by atoms with E-state index in [1.807, 2.05) is 0 Å². The van der Waals surface area contributed by atoms with Gasteiger partial charge in [-0.3, -0.25) is 4.57 Å². The molecule has 0 aliphatic heterocycles. The second kappa shape index (κ2) is 7.16. The van der Waals surface area contributed by atoms with Crippen LogP contribution in [-0.4, -0.2) is 23.2 Å². The van der Waals surface area contributed by atoms with Gasteiger partial charge in [0.2, 0.25) is 0 Å². The number of hydrogen-bond acceptors (Lipinski definition) is 3. The lowest BCUT2D eigenvalue weighted by Gasteiger charge is -2.11. The summed E-state index contributed by atoms with van der Waals surface area (Å²) >= 11 is 0. The third-order valence-electron chi connectivity index (χ3n) is 4.51. The number of ether oxygens (including phenoxy) is 1. The molecule has 1 aromatic heterocycles. The molecule has 3 aromatic rings. The van der Waals surface area contributed by atoms with Crippen LogP contribution in [-0.2, 0) is 17.6 Å². The summed E-state index contributed by atoms with van der Waals surface area (Å²) in [5, 5.41) is 0. The largest absolute Gasteiger partial charge is 0.377 e. The first kappa shape index (κ1) is 16.7. The Morgan fingerprint density at radius 1 is 1.17 bits per heavy atom. The highest BCUT2D eigenvalue weighted by molar-refractivity contribution is 5.79. The summed E-state index contributed by atoms with van der Waals surface area (Å²) in [6.45, 7) is 4.86. The van der Waals surface area contributed by atoms with E-state index in [0.29, 0.717) is 6.54 Å². The van der Waals surface area contributed by atoms with E-state index in [1.54, 1.807) is 7.11 Å². The van der Waals surface area contributed by atoms with Gasteiger partial charge in [-0.1, -0.05) is 25.1 Å². The number of nitrogens with two attached hydrogens (primary N) is 1. The molecule has 1 heterocycles. The van der Waals surface area contributed by atoms with Gasteiger partial charge in [0.25, 0.3) is 0 Å². The maximum atomic E-state index is 5.64. The molecule has 2 N–H and O–H groups in total. The normalized spacial score (nSPS) is 12.7. The third kappa shape index (κ3) is 3.07. The Morgan fingerprint density at radius 3 is 2.54 bits per heavy atom. The Kier molecular flexibility index (Phi) is 4.97. The van der Waals surface area contributed by atoms with E-state index in [9.17, 15) is 0 Å². The average Bonchev–Trinajstić information content (AvgIpc) is 2.99. The Labute approximate surface area is 143 Å². The molecule has 2 aromatic carbocycles. The molecule has 0 spiro atoms. The number of methoxy groups -OCH3 is 1. The van der Waals surface area contributed by atoms with Crippen LogP contribution >= 0.6 is 0 Å². The number of imidazole rings is 1. The zero-order valence-corrected chi connectivity index (χ0v) is 14.6. The van der Waals surface area contributed by atoms with Crippen molar-refractivity contribution in [2.45, 2.75) is 32.8 Å². The van der Waals surface area contributed by atoms with Crippen LogP contribution in [0.3, 0.4) is 0 Å². The van der Waals surface area contributed by atoms with Crippen LogP contribution in [0.1, 0.15) is 36.9 Å². The quantitative estimate of drug-likeness (QED) is 0.751. The van der Waals surface area contributed by atoms with Crippen molar-refractivity contribution in [1.29, 1.82) is 0 Å². The van der Waals surface area contributed by atoms with Crippen molar-refractivity contribution in [1.82, 2.24) is 9.55 Å². The summed E-state index contributed by atoms with van der Waals surface area (Å²) in [5.41, 5.74) is 11.3. The molecule has 24 heavy (non-hydrogen) atoms. The predicted molar refractivity (Wildman–Crippen MR) is 98.6 cm³/mol. The molecule has 0 amide bonds. The van der Waals surface area contributed by atoms with Crippen molar-refractivity contribution < 1.29 is 4.74 Å². The van der Waals surface area contributed by atoms with Crippen LogP contribution in [0, 0.1) is 0 Å². The van der Waals surface area contributed by atoms with Crippen LogP contribution in [0.25, 0.3) is 16.7 Å². The topological polar surface area (TPSA) is 53.1 Å².